The molecule has 0 aromatic heterocycles. The number of hydrogen-bond donors (Lipinski definition) is 1. The van der Waals surface area contributed by atoms with Gasteiger partial charge in [-0.05, 0) is 49.1 Å². The molecule has 0 heterocycles. The second-order valence-corrected chi connectivity index (χ2v) is 9.42. The zero-order valence-corrected chi connectivity index (χ0v) is 20.1. The van der Waals surface area contributed by atoms with Gasteiger partial charge in [0, 0.05) is 43.9 Å². The van der Waals surface area contributed by atoms with Crippen molar-refractivity contribution in [2.75, 3.05) is 24.3 Å². The van der Waals surface area contributed by atoms with Crippen molar-refractivity contribution in [2.45, 2.75) is 59.0 Å². The molecule has 5 heteroatoms. The van der Waals surface area contributed by atoms with Crippen LogP contribution in [0.25, 0.3) is 0 Å². The molecular formula is C27H37N3O2. The van der Waals surface area contributed by atoms with E-state index in [4.69, 9.17) is 0 Å². The number of anilines is 2. The summed E-state index contributed by atoms with van der Waals surface area (Å²) in [6.45, 7) is 6.45. The first kappa shape index (κ1) is 23.8. The molecule has 172 valence electrons. The normalized spacial score (nSPS) is 14.9. The van der Waals surface area contributed by atoms with Crippen molar-refractivity contribution >= 4 is 23.2 Å². The fraction of sp³-hybridized carbons (Fsp3) is 0.481. The molecule has 1 fully saturated rings. The molecule has 0 bridgehead atoms. The highest BCUT2D eigenvalue weighted by atomic mass is 16.2. The summed E-state index contributed by atoms with van der Waals surface area (Å²) in [5, 5.41) is 3.12. The van der Waals surface area contributed by atoms with Gasteiger partial charge in [0.25, 0.3) is 0 Å². The maximum absolute atomic E-state index is 13.2. The number of carbonyl (C=O) groups is 2. The predicted molar refractivity (Wildman–Crippen MR) is 132 cm³/mol. The van der Waals surface area contributed by atoms with Crippen molar-refractivity contribution in [1.29, 1.82) is 0 Å². The van der Waals surface area contributed by atoms with Crippen LogP contribution in [0.4, 0.5) is 11.4 Å². The number of nitrogens with zero attached hydrogens (tertiary/aromatic N) is 2. The number of hydrogen-bond acceptors (Lipinski definition) is 3. The average Bonchev–Trinajstić information content (AvgIpc) is 3.32. The first-order valence-corrected chi connectivity index (χ1v) is 11.7. The van der Waals surface area contributed by atoms with Crippen LogP contribution in [0.1, 0.15) is 63.6 Å². The lowest BCUT2D eigenvalue weighted by Crippen LogP contribution is -2.36. The third-order valence-corrected chi connectivity index (χ3v) is 6.42. The maximum Gasteiger partial charge on any atom is 0.227 e. The number of carbonyl (C=O) groups excluding carboxylic acids is 2. The van der Waals surface area contributed by atoms with Crippen LogP contribution >= 0.6 is 0 Å². The molecule has 0 spiro atoms. The predicted octanol–water partition coefficient (Wildman–Crippen LogP) is 5.63. The lowest BCUT2D eigenvalue weighted by atomic mass is 10.0. The van der Waals surface area contributed by atoms with Crippen LogP contribution in [0.3, 0.4) is 0 Å². The molecule has 1 aliphatic carbocycles. The van der Waals surface area contributed by atoms with Crippen LogP contribution in [0.5, 0.6) is 0 Å². The van der Waals surface area contributed by atoms with E-state index in [1.165, 1.54) is 0 Å². The first-order valence-electron chi connectivity index (χ1n) is 11.7. The summed E-state index contributed by atoms with van der Waals surface area (Å²) in [6.07, 6.45) is 4.21. The van der Waals surface area contributed by atoms with Crippen LogP contribution < -0.4 is 10.2 Å². The second kappa shape index (κ2) is 10.7. The topological polar surface area (TPSA) is 52.7 Å². The van der Waals surface area contributed by atoms with Gasteiger partial charge in [0.05, 0.1) is 6.04 Å². The molecule has 0 unspecified atom stereocenters. The Morgan fingerprint density at radius 3 is 2.25 bits per heavy atom. The van der Waals surface area contributed by atoms with Gasteiger partial charge in [-0.3, -0.25) is 9.59 Å². The third kappa shape index (κ3) is 5.70. The zero-order chi connectivity index (χ0) is 23.3. The number of rotatable bonds is 8. The summed E-state index contributed by atoms with van der Waals surface area (Å²) in [5.41, 5.74) is 3.98. The van der Waals surface area contributed by atoms with E-state index < -0.39 is 0 Å². The summed E-state index contributed by atoms with van der Waals surface area (Å²) in [7, 11) is 4.01. The maximum atomic E-state index is 13.2. The first-order chi connectivity index (χ1) is 15.3. The van der Waals surface area contributed by atoms with Gasteiger partial charge >= 0.3 is 0 Å². The summed E-state index contributed by atoms with van der Waals surface area (Å²) in [4.78, 5) is 29.9. The highest BCUT2D eigenvalue weighted by molar-refractivity contribution is 5.93. The third-order valence-electron chi connectivity index (χ3n) is 6.42. The summed E-state index contributed by atoms with van der Waals surface area (Å²) in [6, 6.07) is 16.1. The SMILES string of the molecule is CC(C)C(=O)N(Cc1cc(NC(=O)C2CCCC2)ccc1N(C)C)[C@H](C)c1ccccc1. The van der Waals surface area contributed by atoms with Crippen molar-refractivity contribution in [3.05, 3.63) is 59.7 Å². The van der Waals surface area contributed by atoms with Crippen molar-refractivity contribution in [3.8, 4) is 0 Å². The quantitative estimate of drug-likeness (QED) is 0.585. The van der Waals surface area contributed by atoms with E-state index in [0.29, 0.717) is 6.54 Å². The van der Waals surface area contributed by atoms with Gasteiger partial charge in [-0.25, -0.2) is 0 Å². The molecule has 32 heavy (non-hydrogen) atoms. The smallest absolute Gasteiger partial charge is 0.227 e. The fourth-order valence-electron chi connectivity index (χ4n) is 4.49. The Hall–Kier alpha value is -2.82. The molecular weight excluding hydrogens is 398 g/mol. The van der Waals surface area contributed by atoms with Gasteiger partial charge in [-0.2, -0.15) is 0 Å². The highest BCUT2D eigenvalue weighted by Gasteiger charge is 2.26. The second-order valence-electron chi connectivity index (χ2n) is 9.42. The van der Waals surface area contributed by atoms with Crippen molar-refractivity contribution in [2.24, 2.45) is 11.8 Å². The summed E-state index contributed by atoms with van der Waals surface area (Å²) < 4.78 is 0. The Labute approximate surface area is 192 Å². The standard InChI is InChI=1S/C27H37N3O2/c1-19(2)27(32)30(20(3)21-11-7-6-8-12-21)18-23-17-24(15-16-25(23)29(4)5)28-26(31)22-13-9-10-14-22/h6-8,11-12,15-17,19-20,22H,9-10,13-14,18H2,1-5H3,(H,28,31)/t20-/m1/s1. The number of amides is 2. The van der Waals surface area contributed by atoms with Crippen LogP contribution in [-0.4, -0.2) is 30.8 Å². The largest absolute Gasteiger partial charge is 0.377 e. The fourth-order valence-corrected chi connectivity index (χ4v) is 4.49. The molecule has 2 amide bonds. The minimum Gasteiger partial charge on any atom is -0.377 e. The monoisotopic (exact) mass is 435 g/mol. The molecule has 2 aromatic rings. The van der Waals surface area contributed by atoms with Gasteiger partial charge in [0.15, 0.2) is 0 Å². The Balaban J connectivity index is 1.90. The number of benzene rings is 2. The van der Waals surface area contributed by atoms with Crippen molar-refractivity contribution in [3.63, 3.8) is 0 Å². The van der Waals surface area contributed by atoms with E-state index in [1.54, 1.807) is 0 Å². The molecule has 3 rings (SSSR count). The van der Waals surface area contributed by atoms with Crippen LogP contribution in [0.15, 0.2) is 48.5 Å². The van der Waals surface area contributed by atoms with E-state index in [1.807, 2.05) is 69.2 Å². The minimum absolute atomic E-state index is 0.0575. The molecule has 1 aliphatic rings. The summed E-state index contributed by atoms with van der Waals surface area (Å²) >= 11 is 0. The molecule has 2 aromatic carbocycles. The van der Waals surface area contributed by atoms with E-state index in [-0.39, 0.29) is 29.7 Å². The lowest BCUT2D eigenvalue weighted by molar-refractivity contribution is -0.137. The Kier molecular flexibility index (Phi) is 7.94. The molecule has 5 nitrogen and oxygen atoms in total. The molecule has 1 saturated carbocycles. The van der Waals surface area contributed by atoms with Crippen LogP contribution in [0, 0.1) is 11.8 Å². The van der Waals surface area contributed by atoms with Gasteiger partial charge in [-0.1, -0.05) is 57.0 Å². The average molecular weight is 436 g/mol. The minimum atomic E-state index is -0.103. The molecule has 1 atom stereocenters. The Bertz CT molecular complexity index is 918. The Morgan fingerprint density at radius 1 is 1.00 bits per heavy atom. The van der Waals surface area contributed by atoms with E-state index in [2.05, 4.69) is 29.3 Å². The zero-order valence-electron chi connectivity index (χ0n) is 20.1. The van der Waals surface area contributed by atoms with Crippen molar-refractivity contribution in [1.82, 2.24) is 4.90 Å². The highest BCUT2D eigenvalue weighted by Crippen LogP contribution is 2.31. The number of nitrogens with one attached hydrogen (secondary N) is 1. The summed E-state index contributed by atoms with van der Waals surface area (Å²) in [5.74, 6) is 0.239. The molecule has 0 radical (unpaired) electrons. The van der Waals surface area contributed by atoms with Gasteiger partial charge < -0.3 is 15.1 Å². The molecule has 0 saturated heterocycles. The molecule has 1 N–H and O–H groups in total. The van der Waals surface area contributed by atoms with Crippen molar-refractivity contribution < 1.29 is 9.59 Å². The molecule has 0 aliphatic heterocycles. The van der Waals surface area contributed by atoms with Crippen LogP contribution in [0.2, 0.25) is 0 Å². The lowest BCUT2D eigenvalue weighted by Gasteiger charge is -2.33. The van der Waals surface area contributed by atoms with Gasteiger partial charge in [0.1, 0.15) is 0 Å². The van der Waals surface area contributed by atoms with E-state index in [0.717, 1.165) is 48.2 Å². The van der Waals surface area contributed by atoms with E-state index >= 15 is 0 Å². The van der Waals surface area contributed by atoms with Gasteiger partial charge in [-0.15, -0.1) is 0 Å². The van der Waals surface area contributed by atoms with Crippen LogP contribution in [-0.2, 0) is 16.1 Å². The Morgan fingerprint density at radius 2 is 1.66 bits per heavy atom. The van der Waals surface area contributed by atoms with E-state index in [9.17, 15) is 9.59 Å². The van der Waals surface area contributed by atoms with Gasteiger partial charge in [0.2, 0.25) is 11.8 Å².